The topological polar surface area (TPSA) is 184 Å². The predicted molar refractivity (Wildman–Crippen MR) is 150 cm³/mol. The standard InChI is InChI=1S/C28H37N7O6/c1-4-17-11-20(41-34-17)24-22(38)23(39)27(40-24)35-14-29-21-25(31-19(13-37)15(2)3)32-28(33-26(21)35)30-18(12-36)10-16-8-6-5-7-9-16/h5-9,11,14-15,18-19,22-24,27,36-39H,4,10,12-13H2,1-3H3,(H2,30,31,32,33)/t18-,19+,22-,23+,24+,27+/m0/s1. The van der Waals surface area contributed by atoms with Gasteiger partial charge >= 0.3 is 0 Å². The number of aliphatic hydroxyl groups excluding tert-OH is 4. The van der Waals surface area contributed by atoms with Crippen molar-refractivity contribution in [1.29, 1.82) is 0 Å². The summed E-state index contributed by atoms with van der Waals surface area (Å²) in [6, 6.07) is 10.7. The van der Waals surface area contributed by atoms with Crippen LogP contribution in [0.5, 0.6) is 0 Å². The molecule has 6 atom stereocenters. The van der Waals surface area contributed by atoms with Crippen LogP contribution in [0.3, 0.4) is 0 Å². The zero-order valence-electron chi connectivity index (χ0n) is 23.3. The average Bonchev–Trinajstić information content (AvgIpc) is 3.69. The van der Waals surface area contributed by atoms with Gasteiger partial charge in [-0.15, -0.1) is 0 Å². The Bertz CT molecular complexity index is 1430. The van der Waals surface area contributed by atoms with Crippen LogP contribution in [-0.4, -0.2) is 82.6 Å². The van der Waals surface area contributed by atoms with Crippen molar-refractivity contribution in [3.63, 3.8) is 0 Å². The van der Waals surface area contributed by atoms with Crippen LogP contribution in [-0.2, 0) is 17.6 Å². The van der Waals surface area contributed by atoms with Crippen LogP contribution in [0.25, 0.3) is 11.2 Å². The van der Waals surface area contributed by atoms with Crippen LogP contribution in [0, 0.1) is 5.92 Å². The monoisotopic (exact) mass is 567 g/mol. The summed E-state index contributed by atoms with van der Waals surface area (Å²) in [6.07, 6.45) is -1.94. The average molecular weight is 568 g/mol. The van der Waals surface area contributed by atoms with Crippen LogP contribution >= 0.6 is 0 Å². The number of nitrogens with zero attached hydrogens (tertiary/aromatic N) is 5. The third kappa shape index (κ3) is 6.04. The summed E-state index contributed by atoms with van der Waals surface area (Å²) >= 11 is 0. The van der Waals surface area contributed by atoms with Gasteiger partial charge in [-0.2, -0.15) is 9.97 Å². The van der Waals surface area contributed by atoms with Crippen LogP contribution in [0.1, 0.15) is 50.1 Å². The number of ether oxygens (including phenoxy) is 1. The Hall–Kier alpha value is -3.62. The number of nitrogens with one attached hydrogen (secondary N) is 2. The number of hydrogen-bond acceptors (Lipinski definition) is 12. The molecule has 1 saturated heterocycles. The van der Waals surface area contributed by atoms with Gasteiger partial charge in [-0.3, -0.25) is 4.57 Å². The molecule has 1 aliphatic rings. The number of aromatic nitrogens is 5. The van der Waals surface area contributed by atoms with Gasteiger partial charge in [0.05, 0.1) is 37.3 Å². The van der Waals surface area contributed by atoms with E-state index in [0.717, 1.165) is 5.56 Å². The van der Waals surface area contributed by atoms with E-state index in [1.54, 1.807) is 6.07 Å². The van der Waals surface area contributed by atoms with Crippen molar-refractivity contribution in [2.45, 2.75) is 70.2 Å². The van der Waals surface area contributed by atoms with E-state index in [4.69, 9.17) is 9.26 Å². The summed E-state index contributed by atoms with van der Waals surface area (Å²) in [6.45, 7) is 5.59. The van der Waals surface area contributed by atoms with Crippen molar-refractivity contribution in [1.82, 2.24) is 24.7 Å². The molecule has 0 bridgehead atoms. The van der Waals surface area contributed by atoms with Crippen molar-refractivity contribution in [2.75, 3.05) is 23.8 Å². The van der Waals surface area contributed by atoms with E-state index < -0.39 is 30.6 Å². The first kappa shape index (κ1) is 28.9. The number of fused-ring (bicyclic) bond motifs is 1. The van der Waals surface area contributed by atoms with Gasteiger partial charge < -0.3 is 40.3 Å². The lowest BCUT2D eigenvalue weighted by Crippen LogP contribution is -2.31. The van der Waals surface area contributed by atoms with Crippen LogP contribution in [0.2, 0.25) is 0 Å². The highest BCUT2D eigenvalue weighted by Crippen LogP contribution is 2.40. The highest BCUT2D eigenvalue weighted by Gasteiger charge is 2.47. The Morgan fingerprint density at radius 1 is 1.02 bits per heavy atom. The number of rotatable bonds is 12. The number of benzene rings is 1. The number of aliphatic hydroxyl groups is 4. The van der Waals surface area contributed by atoms with E-state index in [-0.39, 0.29) is 31.1 Å². The Morgan fingerprint density at radius 2 is 1.80 bits per heavy atom. The predicted octanol–water partition coefficient (Wildman–Crippen LogP) is 1.81. The molecule has 4 heterocycles. The van der Waals surface area contributed by atoms with E-state index in [1.807, 2.05) is 51.1 Å². The van der Waals surface area contributed by atoms with Crippen molar-refractivity contribution in [3.8, 4) is 0 Å². The van der Waals surface area contributed by atoms with Crippen molar-refractivity contribution < 1.29 is 29.7 Å². The second-order valence-corrected chi connectivity index (χ2v) is 10.6. The number of aryl methyl sites for hydroxylation is 1. The van der Waals surface area contributed by atoms with Crippen molar-refractivity contribution in [3.05, 3.63) is 59.7 Å². The summed E-state index contributed by atoms with van der Waals surface area (Å²) in [5, 5.41) is 52.4. The molecule has 3 aromatic heterocycles. The van der Waals surface area contributed by atoms with Crippen molar-refractivity contribution in [2.24, 2.45) is 5.92 Å². The number of anilines is 2. The molecular weight excluding hydrogens is 530 g/mol. The van der Waals surface area contributed by atoms with Gasteiger partial charge in [0.1, 0.15) is 18.3 Å². The smallest absolute Gasteiger partial charge is 0.227 e. The lowest BCUT2D eigenvalue weighted by atomic mass is 10.1. The summed E-state index contributed by atoms with van der Waals surface area (Å²) in [4.78, 5) is 13.8. The maximum atomic E-state index is 11.0. The van der Waals surface area contributed by atoms with E-state index >= 15 is 0 Å². The van der Waals surface area contributed by atoms with Gasteiger partial charge in [0.2, 0.25) is 5.95 Å². The SMILES string of the molecule is CCc1cc([C@H]2O[C@@H](n3cnc4c(N[C@H](CO)C(C)C)nc(N[C@H](CO)Cc5ccccc5)nc43)[C@H](O)[C@@H]2O)on1. The second-order valence-electron chi connectivity index (χ2n) is 10.6. The minimum absolute atomic E-state index is 0.0811. The molecule has 41 heavy (non-hydrogen) atoms. The van der Waals surface area contributed by atoms with Gasteiger partial charge in [0.25, 0.3) is 0 Å². The zero-order valence-corrected chi connectivity index (χ0v) is 23.3. The molecule has 0 aliphatic carbocycles. The molecule has 1 aliphatic heterocycles. The second kappa shape index (κ2) is 12.5. The molecule has 1 fully saturated rings. The fourth-order valence-electron chi connectivity index (χ4n) is 4.86. The Kier molecular flexibility index (Phi) is 8.80. The highest BCUT2D eigenvalue weighted by molar-refractivity contribution is 5.84. The fourth-order valence-corrected chi connectivity index (χ4v) is 4.86. The third-order valence-electron chi connectivity index (χ3n) is 7.36. The molecule has 0 saturated carbocycles. The maximum Gasteiger partial charge on any atom is 0.227 e. The first-order valence-electron chi connectivity index (χ1n) is 13.8. The summed E-state index contributed by atoms with van der Waals surface area (Å²) in [5.74, 6) is 0.976. The molecule has 0 unspecified atom stereocenters. The molecule has 13 heteroatoms. The highest BCUT2D eigenvalue weighted by atomic mass is 16.6. The molecule has 6 N–H and O–H groups in total. The third-order valence-corrected chi connectivity index (χ3v) is 7.36. The molecule has 220 valence electrons. The molecule has 5 rings (SSSR count). The normalized spacial score (nSPS) is 22.3. The van der Waals surface area contributed by atoms with E-state index in [2.05, 4.69) is 30.7 Å². The van der Waals surface area contributed by atoms with Crippen LogP contribution < -0.4 is 10.6 Å². The lowest BCUT2D eigenvalue weighted by molar-refractivity contribution is -0.0434. The van der Waals surface area contributed by atoms with E-state index in [0.29, 0.717) is 41.3 Å². The molecular formula is C28H37N7O6. The summed E-state index contributed by atoms with van der Waals surface area (Å²) in [5.41, 5.74) is 2.45. The largest absolute Gasteiger partial charge is 0.394 e. The number of imidazole rings is 1. The minimum Gasteiger partial charge on any atom is -0.394 e. The van der Waals surface area contributed by atoms with Gasteiger partial charge in [0, 0.05) is 6.07 Å². The Morgan fingerprint density at radius 3 is 2.46 bits per heavy atom. The minimum atomic E-state index is -1.32. The van der Waals surface area contributed by atoms with Crippen LogP contribution in [0.15, 0.2) is 47.2 Å². The first-order chi connectivity index (χ1) is 19.8. The van der Waals surface area contributed by atoms with Gasteiger partial charge in [-0.1, -0.05) is 56.3 Å². The molecule has 4 aromatic rings. The Labute approximate surface area is 237 Å². The fraction of sp³-hybridized carbons (Fsp3) is 0.500. The maximum absolute atomic E-state index is 11.0. The number of hydrogen-bond donors (Lipinski definition) is 6. The summed E-state index contributed by atoms with van der Waals surface area (Å²) < 4.78 is 13.0. The van der Waals surface area contributed by atoms with Gasteiger partial charge in [0.15, 0.2) is 29.0 Å². The quantitative estimate of drug-likeness (QED) is 0.146. The van der Waals surface area contributed by atoms with Crippen LogP contribution in [0.4, 0.5) is 11.8 Å². The van der Waals surface area contributed by atoms with E-state index in [1.165, 1.54) is 10.9 Å². The molecule has 13 nitrogen and oxygen atoms in total. The molecule has 0 spiro atoms. The van der Waals surface area contributed by atoms with Gasteiger partial charge in [-0.25, -0.2) is 4.98 Å². The summed E-state index contributed by atoms with van der Waals surface area (Å²) in [7, 11) is 0. The molecule has 0 amide bonds. The molecule has 0 radical (unpaired) electrons. The Balaban J connectivity index is 1.50. The molecule has 1 aromatic carbocycles. The zero-order chi connectivity index (χ0) is 29.1. The van der Waals surface area contributed by atoms with E-state index in [9.17, 15) is 20.4 Å². The van der Waals surface area contributed by atoms with Crippen molar-refractivity contribution >= 4 is 22.9 Å². The first-order valence-corrected chi connectivity index (χ1v) is 13.8. The lowest BCUT2D eigenvalue weighted by Gasteiger charge is -2.22. The van der Waals surface area contributed by atoms with Gasteiger partial charge in [-0.05, 0) is 24.3 Å².